The zero-order valence-corrected chi connectivity index (χ0v) is 9.04. The monoisotopic (exact) mass is 210 g/mol. The van der Waals surface area contributed by atoms with Crippen LogP contribution in [-0.4, -0.2) is 31.1 Å². The van der Waals surface area contributed by atoms with Crippen LogP contribution in [0.2, 0.25) is 5.02 Å². The second kappa shape index (κ2) is 3.89. The number of benzene rings is 1. The summed E-state index contributed by atoms with van der Waals surface area (Å²) in [5.74, 6) is 0.383. The number of likely N-dealkylation sites (N-methyl/N-ethyl adjacent to an activating group) is 1. The summed E-state index contributed by atoms with van der Waals surface area (Å²) < 4.78 is 0. The van der Waals surface area contributed by atoms with Gasteiger partial charge < -0.3 is 10.6 Å². The van der Waals surface area contributed by atoms with Crippen molar-refractivity contribution in [3.05, 3.63) is 34.9 Å². The summed E-state index contributed by atoms with van der Waals surface area (Å²) in [7, 11) is 2.09. The van der Waals surface area contributed by atoms with Gasteiger partial charge in [0.1, 0.15) is 0 Å². The van der Waals surface area contributed by atoms with E-state index in [1.54, 1.807) is 0 Å². The van der Waals surface area contributed by atoms with Gasteiger partial charge in [0.25, 0.3) is 0 Å². The van der Waals surface area contributed by atoms with Crippen molar-refractivity contribution >= 4 is 11.6 Å². The molecule has 76 valence electrons. The average molecular weight is 211 g/mol. The molecule has 1 heterocycles. The maximum absolute atomic E-state index is 6.14. The molecule has 14 heavy (non-hydrogen) atoms. The van der Waals surface area contributed by atoms with Gasteiger partial charge in [0.05, 0.1) is 0 Å². The Morgan fingerprint density at radius 3 is 2.64 bits per heavy atom. The highest BCUT2D eigenvalue weighted by Crippen LogP contribution is 2.30. The maximum atomic E-state index is 6.14. The van der Waals surface area contributed by atoms with E-state index < -0.39 is 0 Å². The van der Waals surface area contributed by atoms with Crippen molar-refractivity contribution in [3.63, 3.8) is 0 Å². The van der Waals surface area contributed by atoms with E-state index in [9.17, 15) is 0 Å². The van der Waals surface area contributed by atoms with Crippen LogP contribution in [0.25, 0.3) is 0 Å². The standard InChI is InChI=1S/C11H15ClN2/c1-14-6-9(11(13)7-14)8-4-2-3-5-10(8)12/h2-5,9,11H,6-7,13H2,1H3/t9-,11-/m1/s1. The van der Waals surface area contributed by atoms with Crippen molar-refractivity contribution in [3.8, 4) is 0 Å². The van der Waals surface area contributed by atoms with Crippen LogP contribution in [0.3, 0.4) is 0 Å². The number of hydrogen-bond acceptors (Lipinski definition) is 2. The molecule has 2 N–H and O–H groups in total. The van der Waals surface area contributed by atoms with E-state index in [0.717, 1.165) is 18.1 Å². The van der Waals surface area contributed by atoms with E-state index in [4.69, 9.17) is 17.3 Å². The summed E-state index contributed by atoms with van der Waals surface area (Å²) in [6.07, 6.45) is 0. The van der Waals surface area contributed by atoms with Crippen molar-refractivity contribution in [1.82, 2.24) is 4.90 Å². The van der Waals surface area contributed by atoms with Crippen LogP contribution in [0, 0.1) is 0 Å². The van der Waals surface area contributed by atoms with E-state index in [2.05, 4.69) is 18.0 Å². The lowest BCUT2D eigenvalue weighted by Gasteiger charge is -2.15. The molecule has 1 aromatic carbocycles. The molecule has 0 radical (unpaired) electrons. The van der Waals surface area contributed by atoms with Crippen LogP contribution in [0.5, 0.6) is 0 Å². The van der Waals surface area contributed by atoms with Crippen molar-refractivity contribution < 1.29 is 0 Å². The van der Waals surface area contributed by atoms with Crippen LogP contribution >= 0.6 is 11.6 Å². The van der Waals surface area contributed by atoms with Crippen LogP contribution in [0.4, 0.5) is 0 Å². The SMILES string of the molecule is CN1C[C@@H](N)[C@@H](c2ccccc2Cl)C1. The van der Waals surface area contributed by atoms with E-state index in [0.29, 0.717) is 5.92 Å². The zero-order chi connectivity index (χ0) is 10.1. The van der Waals surface area contributed by atoms with E-state index in [-0.39, 0.29) is 6.04 Å². The molecule has 1 aromatic rings. The van der Waals surface area contributed by atoms with Gasteiger partial charge >= 0.3 is 0 Å². The number of nitrogens with zero attached hydrogens (tertiary/aromatic N) is 1. The molecule has 0 bridgehead atoms. The lowest BCUT2D eigenvalue weighted by molar-refractivity contribution is 0.407. The number of likely N-dealkylation sites (tertiary alicyclic amines) is 1. The summed E-state index contributed by atoms with van der Waals surface area (Å²) in [4.78, 5) is 2.25. The first kappa shape index (κ1) is 9.97. The maximum Gasteiger partial charge on any atom is 0.0441 e. The van der Waals surface area contributed by atoms with Crippen molar-refractivity contribution in [2.75, 3.05) is 20.1 Å². The van der Waals surface area contributed by atoms with Crippen LogP contribution in [0.15, 0.2) is 24.3 Å². The molecule has 0 unspecified atom stereocenters. The molecule has 1 aliphatic heterocycles. The molecule has 1 aliphatic rings. The third-order valence-corrected chi connectivity index (χ3v) is 3.20. The quantitative estimate of drug-likeness (QED) is 0.765. The molecule has 0 amide bonds. The van der Waals surface area contributed by atoms with Gasteiger partial charge in [-0.05, 0) is 18.7 Å². The Kier molecular flexibility index (Phi) is 2.77. The van der Waals surface area contributed by atoms with Crippen LogP contribution in [-0.2, 0) is 0 Å². The van der Waals surface area contributed by atoms with Crippen LogP contribution in [0.1, 0.15) is 11.5 Å². The van der Waals surface area contributed by atoms with Gasteiger partial charge in [0.15, 0.2) is 0 Å². The first-order valence-corrected chi connectivity index (χ1v) is 5.25. The number of rotatable bonds is 1. The van der Waals surface area contributed by atoms with Gasteiger partial charge in [-0.15, -0.1) is 0 Å². The zero-order valence-electron chi connectivity index (χ0n) is 8.28. The summed E-state index contributed by atoms with van der Waals surface area (Å²) in [6.45, 7) is 1.96. The fourth-order valence-electron chi connectivity index (χ4n) is 2.14. The number of hydrogen-bond donors (Lipinski definition) is 1. The molecule has 1 saturated heterocycles. The molecule has 3 heteroatoms. The van der Waals surface area contributed by atoms with Gasteiger partial charge in [-0.3, -0.25) is 0 Å². The largest absolute Gasteiger partial charge is 0.326 e. The normalized spacial score (nSPS) is 28.2. The van der Waals surface area contributed by atoms with Crippen molar-refractivity contribution in [2.24, 2.45) is 5.73 Å². The Morgan fingerprint density at radius 1 is 1.36 bits per heavy atom. The highest BCUT2D eigenvalue weighted by Gasteiger charge is 2.30. The summed E-state index contributed by atoms with van der Waals surface area (Å²) in [5.41, 5.74) is 7.26. The van der Waals surface area contributed by atoms with Gasteiger partial charge in [-0.25, -0.2) is 0 Å². The fraction of sp³-hybridized carbons (Fsp3) is 0.455. The second-order valence-corrected chi connectivity index (χ2v) is 4.42. The molecular formula is C11H15ClN2. The second-order valence-electron chi connectivity index (χ2n) is 4.01. The molecule has 0 spiro atoms. The minimum atomic E-state index is 0.208. The lowest BCUT2D eigenvalue weighted by atomic mass is 9.95. The Bertz CT molecular complexity index is 327. The molecule has 0 aromatic heterocycles. The van der Waals surface area contributed by atoms with Gasteiger partial charge in [0.2, 0.25) is 0 Å². The molecule has 2 rings (SSSR count). The molecule has 2 nitrogen and oxygen atoms in total. The Morgan fingerprint density at radius 2 is 2.07 bits per heavy atom. The predicted molar refractivity (Wildman–Crippen MR) is 59.7 cm³/mol. The van der Waals surface area contributed by atoms with E-state index in [1.807, 2.05) is 18.2 Å². The van der Waals surface area contributed by atoms with Crippen LogP contribution < -0.4 is 5.73 Å². The molecule has 0 saturated carbocycles. The van der Waals surface area contributed by atoms with Crippen molar-refractivity contribution in [1.29, 1.82) is 0 Å². The lowest BCUT2D eigenvalue weighted by Crippen LogP contribution is -2.28. The third kappa shape index (κ3) is 1.78. The predicted octanol–water partition coefficient (Wildman–Crippen LogP) is 1.70. The van der Waals surface area contributed by atoms with Gasteiger partial charge in [-0.2, -0.15) is 0 Å². The van der Waals surface area contributed by atoms with Crippen molar-refractivity contribution in [2.45, 2.75) is 12.0 Å². The van der Waals surface area contributed by atoms with Gasteiger partial charge in [-0.1, -0.05) is 29.8 Å². The third-order valence-electron chi connectivity index (χ3n) is 2.85. The minimum Gasteiger partial charge on any atom is -0.326 e. The first-order valence-electron chi connectivity index (χ1n) is 4.87. The number of halogens is 1. The highest BCUT2D eigenvalue weighted by molar-refractivity contribution is 6.31. The molecule has 0 aliphatic carbocycles. The summed E-state index contributed by atoms with van der Waals surface area (Å²) >= 11 is 6.14. The molecule has 2 atom stereocenters. The molecule has 1 fully saturated rings. The fourth-order valence-corrected chi connectivity index (χ4v) is 2.41. The summed E-state index contributed by atoms with van der Waals surface area (Å²) in [6, 6.07) is 8.19. The van der Waals surface area contributed by atoms with E-state index >= 15 is 0 Å². The minimum absolute atomic E-state index is 0.208. The highest BCUT2D eigenvalue weighted by atomic mass is 35.5. The Hall–Kier alpha value is -0.570. The van der Waals surface area contributed by atoms with E-state index in [1.165, 1.54) is 5.56 Å². The number of nitrogens with two attached hydrogens (primary N) is 1. The smallest absolute Gasteiger partial charge is 0.0441 e. The first-order chi connectivity index (χ1) is 6.68. The van der Waals surface area contributed by atoms with Gasteiger partial charge in [0, 0.05) is 30.1 Å². The molecular weight excluding hydrogens is 196 g/mol. The topological polar surface area (TPSA) is 29.3 Å². The Balaban J connectivity index is 2.27. The summed E-state index contributed by atoms with van der Waals surface area (Å²) in [5, 5.41) is 0.836. The average Bonchev–Trinajstić information content (AvgIpc) is 2.46. The Labute approximate surface area is 89.7 Å².